The Balaban J connectivity index is 2.05. The fraction of sp³-hybridized carbons (Fsp3) is 0.545. The third kappa shape index (κ3) is 2.00. The third-order valence-electron chi connectivity index (χ3n) is 3.02. The van der Waals surface area contributed by atoms with Gasteiger partial charge in [0.05, 0.1) is 12.4 Å². The summed E-state index contributed by atoms with van der Waals surface area (Å²) < 4.78 is 18.5. The molecule has 1 aromatic rings. The van der Waals surface area contributed by atoms with Crippen LogP contribution in [0.25, 0.3) is 0 Å². The van der Waals surface area contributed by atoms with Crippen LogP contribution >= 0.6 is 15.9 Å². The lowest BCUT2D eigenvalue weighted by Crippen LogP contribution is -2.53. The molecule has 82 valence electrons. The number of rotatable bonds is 2. The lowest BCUT2D eigenvalue weighted by Gasteiger charge is -2.48. The van der Waals surface area contributed by atoms with E-state index in [1.165, 1.54) is 12.3 Å². The average molecular weight is 274 g/mol. The molecule has 0 N–H and O–H groups in total. The van der Waals surface area contributed by atoms with Gasteiger partial charge in [-0.3, -0.25) is 4.98 Å². The van der Waals surface area contributed by atoms with Crippen molar-refractivity contribution in [1.82, 2.24) is 4.98 Å². The van der Waals surface area contributed by atoms with Gasteiger partial charge in [0.15, 0.2) is 0 Å². The standard InChI is InChI=1S/C11H13BrFNO/c1-11(2)9(12)4-10(11)15-8-3-7(13)5-14-6-8/h3,5-6,9-10H,4H2,1-2H3. The van der Waals surface area contributed by atoms with Crippen molar-refractivity contribution in [2.24, 2.45) is 5.41 Å². The van der Waals surface area contributed by atoms with Crippen LogP contribution in [0.2, 0.25) is 0 Å². The Morgan fingerprint density at radius 2 is 2.27 bits per heavy atom. The van der Waals surface area contributed by atoms with Crippen LogP contribution < -0.4 is 4.74 Å². The zero-order chi connectivity index (χ0) is 11.1. The molecule has 0 aliphatic heterocycles. The average Bonchev–Trinajstić information content (AvgIpc) is 2.17. The van der Waals surface area contributed by atoms with E-state index in [4.69, 9.17) is 4.74 Å². The first-order valence-electron chi connectivity index (χ1n) is 4.91. The molecule has 4 heteroatoms. The van der Waals surface area contributed by atoms with E-state index in [-0.39, 0.29) is 17.3 Å². The summed E-state index contributed by atoms with van der Waals surface area (Å²) in [5.41, 5.74) is 0.0896. The number of halogens is 2. The second kappa shape index (κ2) is 3.74. The summed E-state index contributed by atoms with van der Waals surface area (Å²) in [5.74, 6) is 0.146. The third-order valence-corrected chi connectivity index (χ3v) is 4.57. The van der Waals surface area contributed by atoms with Crippen molar-refractivity contribution in [1.29, 1.82) is 0 Å². The minimum Gasteiger partial charge on any atom is -0.488 e. The molecule has 0 radical (unpaired) electrons. The van der Waals surface area contributed by atoms with Crippen LogP contribution in [0.5, 0.6) is 5.75 Å². The number of aromatic nitrogens is 1. The lowest BCUT2D eigenvalue weighted by atomic mass is 9.69. The van der Waals surface area contributed by atoms with Gasteiger partial charge in [0.1, 0.15) is 17.7 Å². The zero-order valence-corrected chi connectivity index (χ0v) is 10.3. The van der Waals surface area contributed by atoms with Crippen LogP contribution in [0.3, 0.4) is 0 Å². The van der Waals surface area contributed by atoms with Gasteiger partial charge in [0.2, 0.25) is 0 Å². The number of hydrogen-bond acceptors (Lipinski definition) is 2. The van der Waals surface area contributed by atoms with Crippen molar-refractivity contribution in [2.45, 2.75) is 31.2 Å². The molecule has 1 aliphatic carbocycles. The Morgan fingerprint density at radius 3 is 2.80 bits per heavy atom. The Hall–Kier alpha value is -0.640. The number of hydrogen-bond donors (Lipinski definition) is 0. The molecule has 1 saturated carbocycles. The highest BCUT2D eigenvalue weighted by atomic mass is 79.9. The zero-order valence-electron chi connectivity index (χ0n) is 8.71. The number of pyridine rings is 1. The van der Waals surface area contributed by atoms with E-state index >= 15 is 0 Å². The SMILES string of the molecule is CC1(C)C(Br)CC1Oc1cncc(F)c1. The summed E-state index contributed by atoms with van der Waals surface area (Å²) >= 11 is 3.58. The van der Waals surface area contributed by atoms with Gasteiger partial charge in [-0.05, 0) is 6.42 Å². The quantitative estimate of drug-likeness (QED) is 0.773. The molecule has 1 heterocycles. The van der Waals surface area contributed by atoms with Crippen LogP contribution in [-0.2, 0) is 0 Å². The van der Waals surface area contributed by atoms with Crippen molar-refractivity contribution >= 4 is 15.9 Å². The summed E-state index contributed by atoms with van der Waals surface area (Å²) in [7, 11) is 0. The minimum absolute atomic E-state index is 0.0896. The van der Waals surface area contributed by atoms with Crippen molar-refractivity contribution < 1.29 is 9.13 Å². The van der Waals surface area contributed by atoms with Gasteiger partial charge in [-0.1, -0.05) is 29.8 Å². The van der Waals surface area contributed by atoms with Crippen molar-refractivity contribution in [2.75, 3.05) is 0 Å². The summed E-state index contributed by atoms with van der Waals surface area (Å²) in [6.45, 7) is 4.26. The molecule has 2 unspecified atom stereocenters. The fourth-order valence-electron chi connectivity index (χ4n) is 1.66. The smallest absolute Gasteiger partial charge is 0.145 e. The normalized spacial score (nSPS) is 28.3. The van der Waals surface area contributed by atoms with E-state index in [1.807, 2.05) is 0 Å². The summed E-state index contributed by atoms with van der Waals surface area (Å²) in [5, 5.41) is 0. The number of ether oxygens (including phenoxy) is 1. The molecule has 0 aromatic carbocycles. The molecule has 0 spiro atoms. The van der Waals surface area contributed by atoms with Crippen molar-refractivity contribution in [3.05, 3.63) is 24.3 Å². The first kappa shape index (κ1) is 10.9. The van der Waals surface area contributed by atoms with E-state index in [0.717, 1.165) is 6.42 Å². The van der Waals surface area contributed by atoms with Crippen LogP contribution in [-0.4, -0.2) is 15.9 Å². The molecule has 0 bridgehead atoms. The van der Waals surface area contributed by atoms with E-state index in [1.54, 1.807) is 6.20 Å². The first-order valence-corrected chi connectivity index (χ1v) is 5.83. The van der Waals surface area contributed by atoms with Gasteiger partial charge in [-0.25, -0.2) is 4.39 Å². The van der Waals surface area contributed by atoms with Crippen LogP contribution in [0, 0.1) is 11.2 Å². The molecule has 2 atom stereocenters. The molecule has 0 saturated heterocycles. The molecular formula is C11H13BrFNO. The summed E-state index contributed by atoms with van der Waals surface area (Å²) in [6.07, 6.45) is 3.79. The molecule has 2 rings (SSSR count). The predicted octanol–water partition coefficient (Wildman–Crippen LogP) is 3.16. The molecule has 0 amide bonds. The highest BCUT2D eigenvalue weighted by Crippen LogP contribution is 2.47. The second-order valence-corrected chi connectivity index (χ2v) is 5.58. The van der Waals surface area contributed by atoms with Gasteiger partial charge < -0.3 is 4.74 Å². The Bertz CT molecular complexity index is 369. The topological polar surface area (TPSA) is 22.1 Å². The van der Waals surface area contributed by atoms with Gasteiger partial charge in [-0.2, -0.15) is 0 Å². The Labute approximate surface area is 97.0 Å². The maximum absolute atomic E-state index is 12.9. The van der Waals surface area contributed by atoms with Crippen LogP contribution in [0.15, 0.2) is 18.5 Å². The van der Waals surface area contributed by atoms with E-state index in [9.17, 15) is 4.39 Å². The predicted molar refractivity (Wildman–Crippen MR) is 59.7 cm³/mol. The first-order chi connectivity index (χ1) is 7.00. The second-order valence-electron chi connectivity index (χ2n) is 4.47. The largest absolute Gasteiger partial charge is 0.488 e. The maximum Gasteiger partial charge on any atom is 0.145 e. The van der Waals surface area contributed by atoms with Gasteiger partial charge in [0.25, 0.3) is 0 Å². The van der Waals surface area contributed by atoms with E-state index < -0.39 is 0 Å². The maximum atomic E-state index is 12.9. The molecule has 1 aromatic heterocycles. The van der Waals surface area contributed by atoms with Crippen LogP contribution in [0.4, 0.5) is 4.39 Å². The Morgan fingerprint density at radius 1 is 1.53 bits per heavy atom. The highest BCUT2D eigenvalue weighted by molar-refractivity contribution is 9.09. The fourth-order valence-corrected chi connectivity index (χ4v) is 2.29. The van der Waals surface area contributed by atoms with E-state index in [0.29, 0.717) is 10.6 Å². The van der Waals surface area contributed by atoms with E-state index in [2.05, 4.69) is 34.8 Å². The molecular weight excluding hydrogens is 261 g/mol. The lowest BCUT2D eigenvalue weighted by molar-refractivity contribution is -0.00821. The summed E-state index contributed by atoms with van der Waals surface area (Å²) in [4.78, 5) is 4.22. The summed E-state index contributed by atoms with van der Waals surface area (Å²) in [6, 6.07) is 1.37. The van der Waals surface area contributed by atoms with Crippen molar-refractivity contribution in [3.8, 4) is 5.75 Å². The van der Waals surface area contributed by atoms with Crippen LogP contribution in [0.1, 0.15) is 20.3 Å². The monoisotopic (exact) mass is 273 g/mol. The highest BCUT2D eigenvalue weighted by Gasteiger charge is 2.48. The van der Waals surface area contributed by atoms with Crippen molar-refractivity contribution in [3.63, 3.8) is 0 Å². The molecule has 15 heavy (non-hydrogen) atoms. The molecule has 1 fully saturated rings. The molecule has 2 nitrogen and oxygen atoms in total. The molecule has 1 aliphatic rings. The Kier molecular flexibility index (Phi) is 2.71. The van der Waals surface area contributed by atoms with Gasteiger partial charge in [-0.15, -0.1) is 0 Å². The number of nitrogens with zero attached hydrogens (tertiary/aromatic N) is 1. The van der Waals surface area contributed by atoms with Gasteiger partial charge >= 0.3 is 0 Å². The number of alkyl halides is 1. The minimum atomic E-state index is -0.361. The van der Waals surface area contributed by atoms with Gasteiger partial charge in [0, 0.05) is 16.3 Å².